The van der Waals surface area contributed by atoms with Crippen molar-refractivity contribution in [3.05, 3.63) is 29.6 Å². The zero-order chi connectivity index (χ0) is 14.7. The molecule has 0 spiro atoms. The first-order valence-electron chi connectivity index (χ1n) is 7.53. The Morgan fingerprint density at radius 2 is 2.10 bits per heavy atom. The second kappa shape index (κ2) is 6.55. The lowest BCUT2D eigenvalue weighted by atomic mass is 10.1. The summed E-state index contributed by atoms with van der Waals surface area (Å²) in [6, 6.07) is 5.27. The third kappa shape index (κ3) is 3.13. The Morgan fingerprint density at radius 3 is 2.70 bits per heavy atom. The molecule has 20 heavy (non-hydrogen) atoms. The Labute approximate surface area is 121 Å². The molecule has 3 nitrogen and oxygen atoms in total. The van der Waals surface area contributed by atoms with Gasteiger partial charge in [0, 0.05) is 30.4 Å². The van der Waals surface area contributed by atoms with Gasteiger partial charge in [0.05, 0.1) is 6.10 Å². The van der Waals surface area contributed by atoms with E-state index in [0.717, 1.165) is 38.3 Å². The van der Waals surface area contributed by atoms with Crippen LogP contribution in [0.15, 0.2) is 18.2 Å². The topological polar surface area (TPSA) is 26.7 Å². The molecule has 0 saturated carbocycles. The molecule has 0 aliphatic carbocycles. The van der Waals surface area contributed by atoms with Crippen LogP contribution < -0.4 is 4.90 Å². The maximum atomic E-state index is 13.4. The van der Waals surface area contributed by atoms with Crippen molar-refractivity contribution >= 4 is 5.69 Å². The molecular weight excluding hydrogens is 255 g/mol. The molecule has 1 N–H and O–H groups in total. The minimum atomic E-state index is -0.645. The van der Waals surface area contributed by atoms with Gasteiger partial charge in [-0.15, -0.1) is 0 Å². The van der Waals surface area contributed by atoms with Crippen molar-refractivity contribution in [2.24, 2.45) is 0 Å². The van der Waals surface area contributed by atoms with Crippen LogP contribution in [0.5, 0.6) is 0 Å². The van der Waals surface area contributed by atoms with Gasteiger partial charge in [0.25, 0.3) is 0 Å². The third-order valence-electron chi connectivity index (χ3n) is 4.27. The maximum Gasteiger partial charge on any atom is 0.123 e. The quantitative estimate of drug-likeness (QED) is 0.898. The van der Waals surface area contributed by atoms with Gasteiger partial charge in [-0.1, -0.05) is 13.8 Å². The molecule has 4 heteroatoms. The van der Waals surface area contributed by atoms with E-state index in [0.29, 0.717) is 11.6 Å². The minimum Gasteiger partial charge on any atom is -0.389 e. The highest BCUT2D eigenvalue weighted by Crippen LogP contribution is 2.30. The van der Waals surface area contributed by atoms with Crippen molar-refractivity contribution in [3.63, 3.8) is 0 Å². The molecule has 112 valence electrons. The predicted octanol–water partition coefficient (Wildman–Crippen LogP) is 2.80. The van der Waals surface area contributed by atoms with Gasteiger partial charge >= 0.3 is 0 Å². The average molecular weight is 280 g/mol. The van der Waals surface area contributed by atoms with Crippen LogP contribution in [-0.4, -0.2) is 42.2 Å². The third-order valence-corrected chi connectivity index (χ3v) is 4.27. The van der Waals surface area contributed by atoms with Crippen molar-refractivity contribution in [1.82, 2.24) is 4.90 Å². The standard InChI is InChI=1S/C16H25FN2O/c1-4-18(5-2)14-8-9-19(11-14)16-7-6-13(17)10-15(16)12(3)20/h6-7,10,12,14,20H,4-5,8-9,11H2,1-3H3/t12-,14?/m0/s1. The zero-order valence-corrected chi connectivity index (χ0v) is 12.6. The highest BCUT2D eigenvalue weighted by molar-refractivity contribution is 5.55. The lowest BCUT2D eigenvalue weighted by molar-refractivity contribution is 0.199. The number of rotatable bonds is 5. The number of halogens is 1. The Hall–Kier alpha value is -1.13. The van der Waals surface area contributed by atoms with Crippen LogP contribution in [0.1, 0.15) is 38.9 Å². The predicted molar refractivity (Wildman–Crippen MR) is 80.6 cm³/mol. The van der Waals surface area contributed by atoms with Crippen molar-refractivity contribution in [1.29, 1.82) is 0 Å². The van der Waals surface area contributed by atoms with Crippen LogP contribution in [-0.2, 0) is 0 Å². The normalized spacial score (nSPS) is 20.7. The second-order valence-electron chi connectivity index (χ2n) is 5.49. The molecule has 1 aromatic carbocycles. The van der Waals surface area contributed by atoms with E-state index in [9.17, 15) is 9.50 Å². The highest BCUT2D eigenvalue weighted by atomic mass is 19.1. The first-order valence-corrected chi connectivity index (χ1v) is 7.53. The lowest BCUT2D eigenvalue weighted by Gasteiger charge is -2.28. The van der Waals surface area contributed by atoms with Crippen LogP contribution in [0.25, 0.3) is 0 Å². The monoisotopic (exact) mass is 280 g/mol. The summed E-state index contributed by atoms with van der Waals surface area (Å²) in [7, 11) is 0. The van der Waals surface area contributed by atoms with Crippen LogP contribution in [0.4, 0.5) is 10.1 Å². The fourth-order valence-corrected chi connectivity index (χ4v) is 3.15. The van der Waals surface area contributed by atoms with Gasteiger partial charge in [-0.05, 0) is 44.6 Å². The van der Waals surface area contributed by atoms with Crippen LogP contribution in [0.3, 0.4) is 0 Å². The molecule has 1 heterocycles. The van der Waals surface area contributed by atoms with E-state index >= 15 is 0 Å². The summed E-state index contributed by atoms with van der Waals surface area (Å²) in [4.78, 5) is 4.73. The van der Waals surface area contributed by atoms with Crippen LogP contribution in [0, 0.1) is 5.82 Å². The smallest absolute Gasteiger partial charge is 0.123 e. The number of aliphatic hydroxyl groups is 1. The van der Waals surface area contributed by atoms with E-state index in [-0.39, 0.29) is 5.82 Å². The van der Waals surface area contributed by atoms with Gasteiger partial charge < -0.3 is 10.0 Å². The molecule has 1 unspecified atom stereocenters. The molecule has 0 amide bonds. The molecule has 1 aliphatic heterocycles. The van der Waals surface area contributed by atoms with Gasteiger partial charge in [-0.3, -0.25) is 4.90 Å². The molecule has 0 aromatic heterocycles. The van der Waals surface area contributed by atoms with Gasteiger partial charge in [0.1, 0.15) is 5.82 Å². The number of likely N-dealkylation sites (N-methyl/N-ethyl adjacent to an activating group) is 1. The van der Waals surface area contributed by atoms with Gasteiger partial charge in [0.15, 0.2) is 0 Å². The number of hydrogen-bond acceptors (Lipinski definition) is 3. The van der Waals surface area contributed by atoms with E-state index in [4.69, 9.17) is 0 Å². The molecule has 0 radical (unpaired) electrons. The van der Waals surface area contributed by atoms with Crippen molar-refractivity contribution in [3.8, 4) is 0 Å². The molecule has 1 aliphatic rings. The Bertz CT molecular complexity index is 446. The summed E-state index contributed by atoms with van der Waals surface area (Å²) < 4.78 is 13.4. The summed E-state index contributed by atoms with van der Waals surface area (Å²) in [5.74, 6) is -0.288. The molecule has 1 fully saturated rings. The van der Waals surface area contributed by atoms with E-state index in [1.165, 1.54) is 12.1 Å². The molecule has 0 bridgehead atoms. The number of nitrogens with zero attached hydrogens (tertiary/aromatic N) is 2. The van der Waals surface area contributed by atoms with Crippen molar-refractivity contribution in [2.45, 2.75) is 39.3 Å². The van der Waals surface area contributed by atoms with Gasteiger partial charge in [0.2, 0.25) is 0 Å². The SMILES string of the molecule is CCN(CC)C1CCN(c2ccc(F)cc2[C@H](C)O)C1. The van der Waals surface area contributed by atoms with E-state index in [1.54, 1.807) is 13.0 Å². The molecule has 1 saturated heterocycles. The number of aliphatic hydroxyl groups excluding tert-OH is 1. The van der Waals surface area contributed by atoms with Crippen LogP contribution >= 0.6 is 0 Å². The van der Waals surface area contributed by atoms with Crippen LogP contribution in [0.2, 0.25) is 0 Å². The summed E-state index contributed by atoms with van der Waals surface area (Å²) in [6.07, 6.45) is 0.478. The molecule has 2 atom stereocenters. The second-order valence-corrected chi connectivity index (χ2v) is 5.49. The average Bonchev–Trinajstić information content (AvgIpc) is 2.89. The van der Waals surface area contributed by atoms with Gasteiger partial charge in [-0.2, -0.15) is 0 Å². The summed E-state index contributed by atoms with van der Waals surface area (Å²) in [6.45, 7) is 10.1. The highest BCUT2D eigenvalue weighted by Gasteiger charge is 2.28. The maximum absolute atomic E-state index is 13.4. The molecule has 1 aromatic rings. The van der Waals surface area contributed by atoms with Crippen molar-refractivity contribution < 1.29 is 9.50 Å². The first-order chi connectivity index (χ1) is 9.56. The summed E-state index contributed by atoms with van der Waals surface area (Å²) in [5.41, 5.74) is 1.65. The largest absolute Gasteiger partial charge is 0.389 e. The lowest BCUT2D eigenvalue weighted by Crippen LogP contribution is -2.37. The molecular formula is C16H25FN2O. The number of anilines is 1. The fraction of sp³-hybridized carbons (Fsp3) is 0.625. The van der Waals surface area contributed by atoms with E-state index in [1.807, 2.05) is 0 Å². The van der Waals surface area contributed by atoms with E-state index < -0.39 is 6.10 Å². The Morgan fingerprint density at radius 1 is 1.40 bits per heavy atom. The Kier molecular flexibility index (Phi) is 5.00. The first kappa shape index (κ1) is 15.3. The van der Waals surface area contributed by atoms with Crippen molar-refractivity contribution in [2.75, 3.05) is 31.1 Å². The fourth-order valence-electron chi connectivity index (χ4n) is 3.15. The number of benzene rings is 1. The zero-order valence-electron chi connectivity index (χ0n) is 12.6. The van der Waals surface area contributed by atoms with E-state index in [2.05, 4.69) is 23.6 Å². The summed E-state index contributed by atoms with van der Waals surface area (Å²) >= 11 is 0. The Balaban J connectivity index is 2.18. The van der Waals surface area contributed by atoms with Gasteiger partial charge in [-0.25, -0.2) is 4.39 Å². The minimum absolute atomic E-state index is 0.288. The number of hydrogen-bond donors (Lipinski definition) is 1. The molecule has 2 rings (SSSR count). The summed E-state index contributed by atoms with van der Waals surface area (Å²) in [5, 5.41) is 9.85.